The van der Waals surface area contributed by atoms with Crippen molar-refractivity contribution in [2.75, 3.05) is 6.54 Å². The van der Waals surface area contributed by atoms with E-state index < -0.39 is 12.1 Å². The number of fused-ring (bicyclic) bond motifs is 1. The number of aliphatic hydroxyl groups excluding tert-OH is 1. The number of carbonyl (C=O) groups excluding carboxylic acids is 2. The van der Waals surface area contributed by atoms with Crippen LogP contribution in [0.1, 0.15) is 55.2 Å². The molecule has 10 nitrogen and oxygen atoms in total. The number of nitrogens with one attached hydrogen (secondary N) is 3. The van der Waals surface area contributed by atoms with Gasteiger partial charge in [0.15, 0.2) is 0 Å². The van der Waals surface area contributed by atoms with Gasteiger partial charge in [-0.1, -0.05) is 60.7 Å². The average Bonchev–Trinajstić information content (AvgIpc) is 3.60. The van der Waals surface area contributed by atoms with Crippen molar-refractivity contribution in [1.29, 1.82) is 0 Å². The van der Waals surface area contributed by atoms with Crippen molar-refractivity contribution in [2.45, 2.75) is 31.9 Å². The molecule has 0 aliphatic rings. The maximum absolute atomic E-state index is 12.7. The van der Waals surface area contributed by atoms with Gasteiger partial charge in [0, 0.05) is 35.0 Å². The summed E-state index contributed by atoms with van der Waals surface area (Å²) in [5.41, 5.74) is 4.57. The normalized spacial score (nSPS) is 12.3. The number of pyridine rings is 1. The van der Waals surface area contributed by atoms with Gasteiger partial charge in [0.05, 0.1) is 23.2 Å². The number of aromatic amines is 1. The van der Waals surface area contributed by atoms with E-state index in [0.717, 1.165) is 27.1 Å². The number of carbonyl (C=O) groups is 2. The molecule has 0 aliphatic heterocycles. The third-order valence-corrected chi connectivity index (χ3v) is 9.12. The molecule has 6 aromatic rings. The number of H-pyrrole nitrogens is 1. The lowest BCUT2D eigenvalue weighted by Crippen LogP contribution is -2.21. The van der Waals surface area contributed by atoms with Crippen LogP contribution in [0.15, 0.2) is 119 Å². The van der Waals surface area contributed by atoms with Crippen LogP contribution in [0.2, 0.25) is 0 Å². The number of rotatable bonds is 15. The molecule has 0 aliphatic carbocycles. The number of thiophene rings is 1. The molecule has 4 aromatic carbocycles. The maximum Gasteiger partial charge on any atom is 0.338 e. The standard InChI is InChI=1S/C39H35N3O7S/c43-24-41-37(27-5-2-1-3-6-27)29-7-4-8-30(18-29)48-21-25-9-11-28(12-10-25)39(47)49-22-26-17-31(50-23-26)19-40-20-35(45)32-13-15-34(44)38-33(32)14-16-36(46)42-38/h1-18,23-24,35,37,40,44-45H,19-22H2,(H,41,43)(H,42,46). The number of hydrogen-bond acceptors (Lipinski definition) is 9. The summed E-state index contributed by atoms with van der Waals surface area (Å²) in [6, 6.07) is 32.0. The van der Waals surface area contributed by atoms with Gasteiger partial charge in [-0.3, -0.25) is 9.59 Å². The van der Waals surface area contributed by atoms with Crippen LogP contribution in [0, 0.1) is 0 Å². The molecule has 0 bridgehead atoms. The summed E-state index contributed by atoms with van der Waals surface area (Å²) in [6.07, 6.45) is -0.170. The molecular weight excluding hydrogens is 655 g/mol. The van der Waals surface area contributed by atoms with Crippen molar-refractivity contribution in [1.82, 2.24) is 15.6 Å². The van der Waals surface area contributed by atoms with Crippen molar-refractivity contribution in [3.8, 4) is 11.5 Å². The van der Waals surface area contributed by atoms with Crippen molar-refractivity contribution in [3.05, 3.63) is 163 Å². The Kier molecular flexibility index (Phi) is 11.0. The second-order valence-electron chi connectivity index (χ2n) is 11.6. The van der Waals surface area contributed by atoms with E-state index in [2.05, 4.69) is 15.6 Å². The molecule has 2 heterocycles. The first kappa shape index (κ1) is 34.1. The molecule has 0 saturated carbocycles. The molecule has 0 fully saturated rings. The minimum absolute atomic E-state index is 0.0576. The van der Waals surface area contributed by atoms with Gasteiger partial charge in [0.1, 0.15) is 24.7 Å². The zero-order chi connectivity index (χ0) is 34.9. The van der Waals surface area contributed by atoms with Gasteiger partial charge in [-0.2, -0.15) is 0 Å². The molecule has 2 unspecified atom stereocenters. The zero-order valence-electron chi connectivity index (χ0n) is 26.9. The van der Waals surface area contributed by atoms with Gasteiger partial charge in [0.25, 0.3) is 0 Å². The highest BCUT2D eigenvalue weighted by Gasteiger charge is 2.16. The van der Waals surface area contributed by atoms with Crippen LogP contribution < -0.4 is 20.9 Å². The summed E-state index contributed by atoms with van der Waals surface area (Å²) in [4.78, 5) is 39.3. The van der Waals surface area contributed by atoms with E-state index in [1.54, 1.807) is 24.3 Å². The highest BCUT2D eigenvalue weighted by atomic mass is 32.1. The van der Waals surface area contributed by atoms with E-state index in [-0.39, 0.29) is 36.0 Å². The van der Waals surface area contributed by atoms with Crippen LogP contribution in [0.25, 0.3) is 10.9 Å². The lowest BCUT2D eigenvalue weighted by atomic mass is 9.99. The fraction of sp³-hybridized carbons (Fsp3) is 0.154. The van der Waals surface area contributed by atoms with E-state index in [1.165, 1.54) is 23.5 Å². The number of ether oxygens (including phenoxy) is 2. The molecule has 50 heavy (non-hydrogen) atoms. The summed E-state index contributed by atoms with van der Waals surface area (Å²) in [5.74, 6) is 0.166. The van der Waals surface area contributed by atoms with Crippen molar-refractivity contribution in [2.24, 2.45) is 0 Å². The summed E-state index contributed by atoms with van der Waals surface area (Å²) >= 11 is 1.52. The number of aromatic hydroxyl groups is 1. The quantitative estimate of drug-likeness (QED) is 0.0662. The average molecular weight is 690 g/mol. The number of phenolic OH excluding ortho intramolecular Hbond substituents is 1. The number of phenols is 1. The number of esters is 1. The Hall–Kier alpha value is -5.75. The fourth-order valence-electron chi connectivity index (χ4n) is 5.60. The minimum Gasteiger partial charge on any atom is -0.506 e. The SMILES string of the molecule is O=CNC(c1ccccc1)c1cccc(OCc2ccc(C(=O)OCc3csc(CNCC(O)c4ccc(O)c5[nH]c(=O)ccc45)c3)cc2)c1. The number of benzene rings is 4. The first-order valence-corrected chi connectivity index (χ1v) is 16.8. The highest BCUT2D eigenvalue weighted by Crippen LogP contribution is 2.29. The van der Waals surface area contributed by atoms with Crippen LogP contribution in [-0.2, 0) is 29.3 Å². The van der Waals surface area contributed by atoms with E-state index in [9.17, 15) is 24.6 Å². The van der Waals surface area contributed by atoms with Crippen LogP contribution in [0.5, 0.6) is 11.5 Å². The number of amides is 1. The minimum atomic E-state index is -0.863. The van der Waals surface area contributed by atoms with Crippen molar-refractivity contribution < 1.29 is 29.3 Å². The third kappa shape index (κ3) is 8.45. The Bertz CT molecular complexity index is 2130. The zero-order valence-corrected chi connectivity index (χ0v) is 27.7. The van der Waals surface area contributed by atoms with Crippen molar-refractivity contribution in [3.63, 3.8) is 0 Å². The van der Waals surface area contributed by atoms with Crippen LogP contribution in [0.4, 0.5) is 0 Å². The second-order valence-corrected chi connectivity index (χ2v) is 12.6. The predicted molar refractivity (Wildman–Crippen MR) is 191 cm³/mol. The Labute approximate surface area is 292 Å². The van der Waals surface area contributed by atoms with Gasteiger partial charge in [0.2, 0.25) is 12.0 Å². The molecule has 11 heteroatoms. The summed E-state index contributed by atoms with van der Waals surface area (Å²) in [5, 5.41) is 29.5. The Morgan fingerprint density at radius 1 is 0.880 bits per heavy atom. The monoisotopic (exact) mass is 689 g/mol. The second kappa shape index (κ2) is 16.1. The van der Waals surface area contributed by atoms with Crippen molar-refractivity contribution >= 4 is 34.6 Å². The Morgan fingerprint density at radius 2 is 1.68 bits per heavy atom. The molecular formula is C39H35N3O7S. The first-order chi connectivity index (χ1) is 24.4. The molecule has 254 valence electrons. The fourth-order valence-corrected chi connectivity index (χ4v) is 6.45. The molecule has 0 radical (unpaired) electrons. The molecule has 0 spiro atoms. The lowest BCUT2D eigenvalue weighted by molar-refractivity contribution is -0.110. The summed E-state index contributed by atoms with van der Waals surface area (Å²) in [6.45, 7) is 1.17. The molecule has 1 amide bonds. The van der Waals surface area contributed by atoms with Crippen LogP contribution in [0.3, 0.4) is 0 Å². The van der Waals surface area contributed by atoms with E-state index in [0.29, 0.717) is 41.8 Å². The van der Waals surface area contributed by atoms with Gasteiger partial charge in [-0.15, -0.1) is 11.3 Å². The Morgan fingerprint density at radius 3 is 2.48 bits per heavy atom. The first-order valence-electron chi connectivity index (χ1n) is 15.9. The highest BCUT2D eigenvalue weighted by molar-refractivity contribution is 7.10. The number of hydrogen-bond donors (Lipinski definition) is 5. The van der Waals surface area contributed by atoms with Gasteiger partial charge in [-0.25, -0.2) is 4.79 Å². The summed E-state index contributed by atoms with van der Waals surface area (Å²) in [7, 11) is 0. The predicted octanol–water partition coefficient (Wildman–Crippen LogP) is 5.89. The van der Waals surface area contributed by atoms with E-state index >= 15 is 0 Å². The van der Waals surface area contributed by atoms with Crippen LogP contribution in [-0.4, -0.2) is 34.1 Å². The smallest absolute Gasteiger partial charge is 0.338 e. The lowest BCUT2D eigenvalue weighted by Gasteiger charge is -2.18. The molecule has 6 rings (SSSR count). The van der Waals surface area contributed by atoms with Gasteiger partial charge < -0.3 is 35.3 Å². The molecule has 2 atom stereocenters. The van der Waals surface area contributed by atoms with E-state index in [4.69, 9.17) is 9.47 Å². The summed E-state index contributed by atoms with van der Waals surface area (Å²) < 4.78 is 11.6. The van der Waals surface area contributed by atoms with E-state index in [1.807, 2.05) is 78.2 Å². The molecule has 0 saturated heterocycles. The maximum atomic E-state index is 12.7. The number of aromatic nitrogens is 1. The van der Waals surface area contributed by atoms with Crippen LogP contribution >= 0.6 is 11.3 Å². The van der Waals surface area contributed by atoms with Gasteiger partial charge >= 0.3 is 5.97 Å². The largest absolute Gasteiger partial charge is 0.506 e. The Balaban J connectivity index is 0.962. The molecule has 2 aromatic heterocycles. The topological polar surface area (TPSA) is 150 Å². The third-order valence-electron chi connectivity index (χ3n) is 8.13. The molecule has 5 N–H and O–H groups in total. The van der Waals surface area contributed by atoms with Gasteiger partial charge in [-0.05, 0) is 70.1 Å². The number of aliphatic hydroxyl groups is 1.